The van der Waals surface area contributed by atoms with E-state index in [1.165, 1.54) is 0 Å². The third-order valence-electron chi connectivity index (χ3n) is 2.23. The Labute approximate surface area is 88.2 Å². The number of aliphatic hydroxyl groups is 1. The predicted octanol–water partition coefficient (Wildman–Crippen LogP) is 1.21. The van der Waals surface area contributed by atoms with E-state index in [0.29, 0.717) is 5.69 Å². The van der Waals surface area contributed by atoms with Gasteiger partial charge in [0.1, 0.15) is 6.10 Å². The first-order valence-corrected chi connectivity index (χ1v) is 4.77. The normalized spacial score (nSPS) is 12.7. The van der Waals surface area contributed by atoms with Crippen molar-refractivity contribution < 1.29 is 5.11 Å². The number of hydrogen-bond acceptors (Lipinski definition) is 3. The smallest absolute Gasteiger partial charge is 0.124 e. The van der Waals surface area contributed by atoms with E-state index in [2.05, 4.69) is 10.1 Å². The maximum Gasteiger partial charge on any atom is 0.124 e. The largest absolute Gasteiger partial charge is 0.382 e. The summed E-state index contributed by atoms with van der Waals surface area (Å²) < 4.78 is 1.66. The molecule has 0 bridgehead atoms. The van der Waals surface area contributed by atoms with Gasteiger partial charge in [-0.3, -0.25) is 9.67 Å². The molecule has 0 saturated carbocycles. The molecule has 4 nitrogen and oxygen atoms in total. The van der Waals surface area contributed by atoms with E-state index in [9.17, 15) is 5.11 Å². The molecule has 0 radical (unpaired) electrons. The molecule has 0 fully saturated rings. The van der Waals surface area contributed by atoms with Gasteiger partial charge in [-0.2, -0.15) is 5.10 Å². The number of hydrogen-bond donors (Lipinski definition) is 1. The molecule has 2 rings (SSSR count). The van der Waals surface area contributed by atoms with Crippen molar-refractivity contribution in [3.8, 4) is 0 Å². The summed E-state index contributed by atoms with van der Waals surface area (Å²) in [6.45, 7) is 1.90. The topological polar surface area (TPSA) is 50.9 Å². The highest BCUT2D eigenvalue weighted by molar-refractivity contribution is 5.22. The number of aliphatic hydroxyl groups excluding tert-OH is 1. The summed E-state index contributed by atoms with van der Waals surface area (Å²) in [7, 11) is 1.82. The lowest BCUT2D eigenvalue weighted by molar-refractivity contribution is 0.215. The van der Waals surface area contributed by atoms with E-state index in [1.807, 2.05) is 32.2 Å². The van der Waals surface area contributed by atoms with Crippen molar-refractivity contribution in [1.82, 2.24) is 14.8 Å². The Morgan fingerprint density at radius 1 is 1.40 bits per heavy atom. The number of aryl methyl sites for hydroxylation is 2. The standard InChI is InChI=1S/C11H13N3O/c1-8-4-3-5-10(13-8)11(15)9-6-12-14(2)7-9/h3-7,11,15H,1-2H3. The Kier molecular flexibility index (Phi) is 2.51. The van der Waals surface area contributed by atoms with Gasteiger partial charge in [-0.1, -0.05) is 6.07 Å². The van der Waals surface area contributed by atoms with Gasteiger partial charge in [-0.25, -0.2) is 0 Å². The van der Waals surface area contributed by atoms with Crippen molar-refractivity contribution in [2.45, 2.75) is 13.0 Å². The SMILES string of the molecule is Cc1cccc(C(O)c2cnn(C)c2)n1. The summed E-state index contributed by atoms with van der Waals surface area (Å²) in [6.07, 6.45) is 2.74. The maximum atomic E-state index is 10.0. The Morgan fingerprint density at radius 2 is 2.20 bits per heavy atom. The van der Waals surface area contributed by atoms with Crippen LogP contribution in [0.4, 0.5) is 0 Å². The van der Waals surface area contributed by atoms with Crippen LogP contribution >= 0.6 is 0 Å². The fourth-order valence-corrected chi connectivity index (χ4v) is 1.47. The average Bonchev–Trinajstić information content (AvgIpc) is 2.64. The number of aromatic nitrogens is 3. The monoisotopic (exact) mass is 203 g/mol. The fraction of sp³-hybridized carbons (Fsp3) is 0.273. The highest BCUT2D eigenvalue weighted by atomic mass is 16.3. The molecule has 2 heterocycles. The number of nitrogens with zero attached hydrogens (tertiary/aromatic N) is 3. The second kappa shape index (κ2) is 3.82. The van der Waals surface area contributed by atoms with Gasteiger partial charge in [0.15, 0.2) is 0 Å². The zero-order valence-corrected chi connectivity index (χ0v) is 8.75. The average molecular weight is 203 g/mol. The van der Waals surface area contributed by atoms with Gasteiger partial charge in [0.25, 0.3) is 0 Å². The Balaban J connectivity index is 2.32. The van der Waals surface area contributed by atoms with Crippen LogP contribution in [0.2, 0.25) is 0 Å². The van der Waals surface area contributed by atoms with E-state index >= 15 is 0 Å². The summed E-state index contributed by atoms with van der Waals surface area (Å²) in [5.74, 6) is 0. The van der Waals surface area contributed by atoms with E-state index in [0.717, 1.165) is 11.3 Å². The number of pyridine rings is 1. The van der Waals surface area contributed by atoms with Crippen LogP contribution in [-0.4, -0.2) is 19.9 Å². The molecule has 0 aromatic carbocycles. The summed E-state index contributed by atoms with van der Waals surface area (Å²) in [5.41, 5.74) is 2.31. The maximum absolute atomic E-state index is 10.0. The van der Waals surface area contributed by atoms with Crippen LogP contribution in [0.15, 0.2) is 30.6 Å². The quantitative estimate of drug-likeness (QED) is 0.798. The van der Waals surface area contributed by atoms with Gasteiger partial charge >= 0.3 is 0 Å². The van der Waals surface area contributed by atoms with Crippen molar-refractivity contribution >= 4 is 0 Å². The molecular formula is C11H13N3O. The third-order valence-corrected chi connectivity index (χ3v) is 2.23. The van der Waals surface area contributed by atoms with Crippen LogP contribution < -0.4 is 0 Å². The van der Waals surface area contributed by atoms with Gasteiger partial charge < -0.3 is 5.11 Å². The lowest BCUT2D eigenvalue weighted by Crippen LogP contribution is -2.02. The molecule has 0 aliphatic carbocycles. The highest BCUT2D eigenvalue weighted by Crippen LogP contribution is 2.19. The van der Waals surface area contributed by atoms with Crippen LogP contribution in [0.1, 0.15) is 23.1 Å². The van der Waals surface area contributed by atoms with E-state index in [1.54, 1.807) is 17.1 Å². The summed E-state index contributed by atoms with van der Waals surface area (Å²) in [6, 6.07) is 5.60. The van der Waals surface area contributed by atoms with Crippen LogP contribution in [-0.2, 0) is 7.05 Å². The van der Waals surface area contributed by atoms with E-state index < -0.39 is 6.10 Å². The molecule has 4 heteroatoms. The molecule has 0 aliphatic rings. The van der Waals surface area contributed by atoms with Gasteiger partial charge in [-0.05, 0) is 19.1 Å². The zero-order valence-electron chi connectivity index (χ0n) is 8.75. The van der Waals surface area contributed by atoms with Crippen LogP contribution in [0.3, 0.4) is 0 Å². The van der Waals surface area contributed by atoms with Gasteiger partial charge in [0.05, 0.1) is 11.9 Å². The zero-order chi connectivity index (χ0) is 10.8. The second-order valence-electron chi connectivity index (χ2n) is 3.55. The first-order valence-electron chi connectivity index (χ1n) is 4.77. The van der Waals surface area contributed by atoms with Gasteiger partial charge in [-0.15, -0.1) is 0 Å². The van der Waals surface area contributed by atoms with Gasteiger partial charge in [0.2, 0.25) is 0 Å². The first kappa shape index (κ1) is 9.86. The van der Waals surface area contributed by atoms with Crippen molar-refractivity contribution in [1.29, 1.82) is 0 Å². The summed E-state index contributed by atoms with van der Waals surface area (Å²) >= 11 is 0. The van der Waals surface area contributed by atoms with Crippen LogP contribution in [0, 0.1) is 6.92 Å². The van der Waals surface area contributed by atoms with Gasteiger partial charge in [0, 0.05) is 24.5 Å². The molecule has 2 aromatic heterocycles. The van der Waals surface area contributed by atoms with Crippen LogP contribution in [0.25, 0.3) is 0 Å². The predicted molar refractivity (Wildman–Crippen MR) is 56.2 cm³/mol. The van der Waals surface area contributed by atoms with E-state index in [4.69, 9.17) is 0 Å². The minimum Gasteiger partial charge on any atom is -0.382 e. The fourth-order valence-electron chi connectivity index (χ4n) is 1.47. The Morgan fingerprint density at radius 3 is 2.80 bits per heavy atom. The first-order chi connectivity index (χ1) is 7.16. The lowest BCUT2D eigenvalue weighted by atomic mass is 10.1. The molecule has 0 saturated heterocycles. The molecule has 0 amide bonds. The molecule has 0 spiro atoms. The van der Waals surface area contributed by atoms with Crippen LogP contribution in [0.5, 0.6) is 0 Å². The van der Waals surface area contributed by atoms with Crippen molar-refractivity contribution in [3.63, 3.8) is 0 Å². The summed E-state index contributed by atoms with van der Waals surface area (Å²) in [5, 5.41) is 14.0. The van der Waals surface area contributed by atoms with Crippen molar-refractivity contribution in [3.05, 3.63) is 47.5 Å². The molecular weight excluding hydrogens is 190 g/mol. The Bertz CT molecular complexity index is 464. The molecule has 15 heavy (non-hydrogen) atoms. The second-order valence-corrected chi connectivity index (χ2v) is 3.55. The highest BCUT2D eigenvalue weighted by Gasteiger charge is 2.13. The molecule has 1 unspecified atom stereocenters. The molecule has 1 atom stereocenters. The molecule has 0 aliphatic heterocycles. The van der Waals surface area contributed by atoms with Crippen molar-refractivity contribution in [2.24, 2.45) is 7.05 Å². The van der Waals surface area contributed by atoms with Crippen molar-refractivity contribution in [2.75, 3.05) is 0 Å². The van der Waals surface area contributed by atoms with E-state index in [-0.39, 0.29) is 0 Å². The molecule has 2 aromatic rings. The summed E-state index contributed by atoms with van der Waals surface area (Å²) in [4.78, 5) is 4.27. The molecule has 1 N–H and O–H groups in total. The minimum absolute atomic E-state index is 0.656. The third kappa shape index (κ3) is 2.05. The minimum atomic E-state index is -0.696. The molecule has 78 valence electrons. The number of rotatable bonds is 2. The Hall–Kier alpha value is -1.68. The lowest BCUT2D eigenvalue weighted by Gasteiger charge is -2.07.